The average Bonchev–Trinajstić information content (AvgIpc) is 2.65. The molecule has 0 atom stereocenters. The fourth-order valence-electron chi connectivity index (χ4n) is 0.990. The van der Waals surface area contributed by atoms with E-state index < -0.39 is 40.0 Å². The van der Waals surface area contributed by atoms with Crippen LogP contribution in [0.5, 0.6) is 0 Å². The van der Waals surface area contributed by atoms with Crippen LogP contribution in [-0.2, 0) is 15.9 Å². The SMILES string of the molecule is [2H]c1c([2H])c([2H])c2c(CS(=O)(=O)O)noc2c1[2H]. The number of aromatic nitrogens is 1. The van der Waals surface area contributed by atoms with Crippen molar-refractivity contribution >= 4 is 21.1 Å². The zero-order valence-electron chi connectivity index (χ0n) is 10.7. The molecule has 2 rings (SSSR count). The van der Waals surface area contributed by atoms with Crippen LogP contribution in [0, 0.1) is 0 Å². The molecular formula is C8H7NO4S. The molecule has 1 heterocycles. The van der Waals surface area contributed by atoms with E-state index in [1.807, 2.05) is 0 Å². The summed E-state index contributed by atoms with van der Waals surface area (Å²) in [6.45, 7) is 0. The molecule has 1 aromatic heterocycles. The number of fused-ring (bicyclic) bond motifs is 1. The Balaban J connectivity index is 2.81. The van der Waals surface area contributed by atoms with Gasteiger partial charge < -0.3 is 4.52 Å². The van der Waals surface area contributed by atoms with Gasteiger partial charge in [0.2, 0.25) is 0 Å². The van der Waals surface area contributed by atoms with Gasteiger partial charge in [0.05, 0.1) is 5.48 Å². The molecule has 5 nitrogen and oxygen atoms in total. The summed E-state index contributed by atoms with van der Waals surface area (Å²) >= 11 is 0. The Hall–Kier alpha value is -1.40. The minimum Gasteiger partial charge on any atom is -0.356 e. The predicted molar refractivity (Wildman–Crippen MR) is 49.3 cm³/mol. The van der Waals surface area contributed by atoms with Crippen molar-refractivity contribution in [3.63, 3.8) is 0 Å². The van der Waals surface area contributed by atoms with Crippen LogP contribution in [0.2, 0.25) is 0 Å². The second-order valence-electron chi connectivity index (χ2n) is 2.56. The van der Waals surface area contributed by atoms with Gasteiger partial charge in [-0.2, -0.15) is 8.42 Å². The molecule has 1 N–H and O–H groups in total. The number of hydrogen-bond acceptors (Lipinski definition) is 4. The zero-order valence-corrected chi connectivity index (χ0v) is 7.55. The van der Waals surface area contributed by atoms with Crippen LogP contribution in [0.25, 0.3) is 11.0 Å². The second kappa shape index (κ2) is 3.07. The third kappa shape index (κ3) is 1.75. The van der Waals surface area contributed by atoms with Crippen molar-refractivity contribution in [1.82, 2.24) is 5.16 Å². The number of rotatable bonds is 2. The fraction of sp³-hybridized carbons (Fsp3) is 0.125. The molecule has 0 aliphatic rings. The Bertz CT molecular complexity index is 739. The summed E-state index contributed by atoms with van der Waals surface area (Å²) in [6.07, 6.45) is 0. The maximum Gasteiger partial charge on any atom is 0.270 e. The molecule has 6 heteroatoms. The summed E-state index contributed by atoms with van der Waals surface area (Å²) < 4.78 is 65.0. The maximum atomic E-state index is 10.8. The quantitative estimate of drug-likeness (QED) is 0.765. The van der Waals surface area contributed by atoms with E-state index in [9.17, 15) is 8.42 Å². The first kappa shape index (κ1) is 5.47. The first-order chi connectivity index (χ1) is 8.22. The highest BCUT2D eigenvalue weighted by molar-refractivity contribution is 7.85. The van der Waals surface area contributed by atoms with Crippen LogP contribution in [0.3, 0.4) is 0 Å². The van der Waals surface area contributed by atoms with E-state index in [0.29, 0.717) is 0 Å². The fourth-order valence-corrected chi connectivity index (χ4v) is 1.53. The Morgan fingerprint density at radius 3 is 2.93 bits per heavy atom. The molecule has 2 aromatic rings. The van der Waals surface area contributed by atoms with E-state index in [-0.39, 0.29) is 16.7 Å². The first-order valence-electron chi connectivity index (χ1n) is 5.52. The van der Waals surface area contributed by atoms with Crippen LogP contribution in [-0.4, -0.2) is 18.1 Å². The molecule has 74 valence electrons. The number of nitrogens with zero attached hydrogens (tertiary/aromatic N) is 1. The van der Waals surface area contributed by atoms with Crippen molar-refractivity contribution in [2.45, 2.75) is 5.75 Å². The molecule has 14 heavy (non-hydrogen) atoms. The highest BCUT2D eigenvalue weighted by Gasteiger charge is 2.14. The summed E-state index contributed by atoms with van der Waals surface area (Å²) in [7, 11) is -4.37. The van der Waals surface area contributed by atoms with Crippen molar-refractivity contribution in [3.05, 3.63) is 29.9 Å². The second-order valence-corrected chi connectivity index (χ2v) is 4.01. The Kier molecular flexibility index (Phi) is 1.20. The maximum absolute atomic E-state index is 10.8. The van der Waals surface area contributed by atoms with E-state index in [4.69, 9.17) is 14.6 Å². The molecular weight excluding hydrogens is 206 g/mol. The summed E-state index contributed by atoms with van der Waals surface area (Å²) in [5.74, 6) is -0.873. The Morgan fingerprint density at radius 2 is 2.21 bits per heavy atom. The van der Waals surface area contributed by atoms with Crippen molar-refractivity contribution < 1.29 is 23.0 Å². The van der Waals surface area contributed by atoms with E-state index in [2.05, 4.69) is 5.16 Å². The summed E-state index contributed by atoms with van der Waals surface area (Å²) in [6, 6.07) is -1.92. The van der Waals surface area contributed by atoms with Gasteiger partial charge in [-0.15, -0.1) is 0 Å². The molecule has 0 saturated heterocycles. The zero-order chi connectivity index (χ0) is 13.7. The standard InChI is InChI=1S/C8H7NO4S/c10-14(11,12)5-7-6-3-1-2-4-8(6)13-9-7/h1-4H,5H2,(H,10,11,12)/i1D,2D,3D,4D. The third-order valence-corrected chi connectivity index (χ3v) is 2.15. The van der Waals surface area contributed by atoms with E-state index in [1.165, 1.54) is 0 Å². The van der Waals surface area contributed by atoms with Gasteiger partial charge in [-0.1, -0.05) is 17.2 Å². The predicted octanol–water partition coefficient (Wildman–Crippen LogP) is 1.22. The first-order valence-corrected chi connectivity index (χ1v) is 5.13. The number of hydrogen-bond donors (Lipinski definition) is 1. The normalized spacial score (nSPS) is 16.1. The smallest absolute Gasteiger partial charge is 0.270 e. The lowest BCUT2D eigenvalue weighted by Gasteiger charge is -1.91. The van der Waals surface area contributed by atoms with Gasteiger partial charge in [0.25, 0.3) is 10.1 Å². The largest absolute Gasteiger partial charge is 0.356 e. The summed E-state index contributed by atoms with van der Waals surface area (Å²) in [5, 5.41) is 3.22. The molecule has 0 spiro atoms. The van der Waals surface area contributed by atoms with Crippen LogP contribution in [0.1, 0.15) is 11.2 Å². The van der Waals surface area contributed by atoms with E-state index >= 15 is 0 Å². The molecule has 0 bridgehead atoms. The van der Waals surface area contributed by atoms with E-state index in [0.717, 1.165) is 0 Å². The van der Waals surface area contributed by atoms with E-state index in [1.54, 1.807) is 0 Å². The van der Waals surface area contributed by atoms with Gasteiger partial charge in [-0.25, -0.2) is 0 Å². The van der Waals surface area contributed by atoms with Gasteiger partial charge in [-0.3, -0.25) is 4.55 Å². The van der Waals surface area contributed by atoms with Gasteiger partial charge in [0.15, 0.2) is 5.58 Å². The lowest BCUT2D eigenvalue weighted by Crippen LogP contribution is -2.01. The van der Waals surface area contributed by atoms with Crippen LogP contribution in [0.4, 0.5) is 0 Å². The lowest BCUT2D eigenvalue weighted by molar-refractivity contribution is 0.443. The Labute approximate surface area is 85.7 Å². The number of benzene rings is 1. The summed E-state index contributed by atoms with van der Waals surface area (Å²) in [4.78, 5) is 0. The molecule has 0 aliphatic heterocycles. The summed E-state index contributed by atoms with van der Waals surface area (Å²) in [5.41, 5.74) is -0.487. The van der Waals surface area contributed by atoms with Gasteiger partial charge in [0.1, 0.15) is 11.4 Å². The monoisotopic (exact) mass is 217 g/mol. The molecule has 0 unspecified atom stereocenters. The van der Waals surface area contributed by atoms with Crippen molar-refractivity contribution in [1.29, 1.82) is 0 Å². The molecule has 0 aliphatic carbocycles. The van der Waals surface area contributed by atoms with Crippen molar-refractivity contribution in [3.8, 4) is 0 Å². The minimum atomic E-state index is -4.37. The highest BCUT2D eigenvalue weighted by atomic mass is 32.2. The molecule has 0 amide bonds. The van der Waals surface area contributed by atoms with Gasteiger partial charge >= 0.3 is 0 Å². The van der Waals surface area contributed by atoms with Crippen molar-refractivity contribution in [2.24, 2.45) is 0 Å². The third-order valence-electron chi connectivity index (χ3n) is 1.51. The van der Waals surface area contributed by atoms with Gasteiger partial charge in [0, 0.05) is 5.39 Å². The Morgan fingerprint density at radius 1 is 1.50 bits per heavy atom. The van der Waals surface area contributed by atoms with Crippen molar-refractivity contribution in [2.75, 3.05) is 0 Å². The van der Waals surface area contributed by atoms with Gasteiger partial charge in [-0.05, 0) is 12.1 Å². The molecule has 0 radical (unpaired) electrons. The average molecular weight is 217 g/mol. The number of para-hydroxylation sites is 1. The minimum absolute atomic E-state index is 0.140. The van der Waals surface area contributed by atoms with Crippen LogP contribution in [0.15, 0.2) is 28.7 Å². The molecule has 0 saturated carbocycles. The van der Waals surface area contributed by atoms with Crippen LogP contribution < -0.4 is 0 Å². The molecule has 1 aromatic carbocycles. The highest BCUT2D eigenvalue weighted by Crippen LogP contribution is 2.18. The lowest BCUT2D eigenvalue weighted by atomic mass is 10.2. The molecule has 0 fully saturated rings. The van der Waals surface area contributed by atoms with Crippen LogP contribution >= 0.6 is 0 Å². The topological polar surface area (TPSA) is 80.4 Å².